The van der Waals surface area contributed by atoms with Gasteiger partial charge in [-0.3, -0.25) is 4.68 Å². The van der Waals surface area contributed by atoms with Crippen molar-refractivity contribution in [3.05, 3.63) is 52.0 Å². The number of hydrogen-bond acceptors (Lipinski definition) is 2. The van der Waals surface area contributed by atoms with Crippen LogP contribution in [-0.4, -0.2) is 14.9 Å². The summed E-state index contributed by atoms with van der Waals surface area (Å²) in [5.74, 6) is -0.406. The van der Waals surface area contributed by atoms with E-state index in [4.69, 9.17) is 0 Å². The molecular formula is C16H20BrFN2O. The number of halogens is 2. The van der Waals surface area contributed by atoms with Crippen molar-refractivity contribution in [3.63, 3.8) is 0 Å². The third-order valence-electron chi connectivity index (χ3n) is 3.70. The van der Waals surface area contributed by atoms with Gasteiger partial charge in [-0.2, -0.15) is 5.10 Å². The number of nitrogens with zero attached hydrogens (tertiary/aromatic N) is 2. The molecule has 1 aromatic carbocycles. The average Bonchev–Trinajstić information content (AvgIpc) is 2.88. The van der Waals surface area contributed by atoms with Crippen LogP contribution in [0.1, 0.15) is 50.1 Å². The van der Waals surface area contributed by atoms with Gasteiger partial charge >= 0.3 is 0 Å². The average molecular weight is 355 g/mol. The van der Waals surface area contributed by atoms with Crippen molar-refractivity contribution < 1.29 is 9.50 Å². The topological polar surface area (TPSA) is 38.0 Å². The largest absolute Gasteiger partial charge is 0.388 e. The van der Waals surface area contributed by atoms with Crippen LogP contribution in [-0.2, 0) is 6.42 Å². The molecule has 21 heavy (non-hydrogen) atoms. The van der Waals surface area contributed by atoms with E-state index in [1.807, 2.05) is 16.9 Å². The molecule has 0 fully saturated rings. The lowest BCUT2D eigenvalue weighted by molar-refractivity contribution is 0.172. The lowest BCUT2D eigenvalue weighted by Gasteiger charge is -2.13. The summed E-state index contributed by atoms with van der Waals surface area (Å²) < 4.78 is 16.4. The van der Waals surface area contributed by atoms with E-state index in [1.54, 1.807) is 12.1 Å². The van der Waals surface area contributed by atoms with Crippen LogP contribution in [0.3, 0.4) is 0 Å². The second-order valence-corrected chi connectivity index (χ2v) is 6.06. The molecule has 1 aromatic heterocycles. The second-order valence-electron chi connectivity index (χ2n) is 5.14. The van der Waals surface area contributed by atoms with E-state index >= 15 is 0 Å². The van der Waals surface area contributed by atoms with E-state index in [0.717, 1.165) is 18.5 Å². The van der Waals surface area contributed by atoms with Crippen LogP contribution >= 0.6 is 15.9 Å². The van der Waals surface area contributed by atoms with Gasteiger partial charge < -0.3 is 5.11 Å². The minimum absolute atomic E-state index is 0.301. The maximum atomic E-state index is 13.8. The number of benzene rings is 1. The van der Waals surface area contributed by atoms with Crippen molar-refractivity contribution in [1.82, 2.24) is 9.78 Å². The Balaban J connectivity index is 2.11. The molecule has 0 saturated carbocycles. The van der Waals surface area contributed by atoms with Crippen molar-refractivity contribution in [3.8, 4) is 0 Å². The summed E-state index contributed by atoms with van der Waals surface area (Å²) in [7, 11) is 0. The highest BCUT2D eigenvalue weighted by molar-refractivity contribution is 9.10. The van der Waals surface area contributed by atoms with E-state index in [0.29, 0.717) is 22.5 Å². The molecule has 3 nitrogen and oxygen atoms in total. The first-order chi connectivity index (χ1) is 10.0. The third-order valence-corrected chi connectivity index (χ3v) is 4.20. The Labute approximate surface area is 132 Å². The molecule has 1 heterocycles. The third kappa shape index (κ3) is 3.92. The van der Waals surface area contributed by atoms with Crippen LogP contribution in [0.2, 0.25) is 0 Å². The molecule has 2 aromatic rings. The Hall–Kier alpha value is -1.20. The number of aliphatic hydroxyl groups is 1. The van der Waals surface area contributed by atoms with Crippen molar-refractivity contribution in [1.29, 1.82) is 0 Å². The van der Waals surface area contributed by atoms with Gasteiger partial charge in [-0.25, -0.2) is 4.39 Å². The van der Waals surface area contributed by atoms with Gasteiger partial charge in [-0.1, -0.05) is 35.8 Å². The Morgan fingerprint density at radius 1 is 1.29 bits per heavy atom. The van der Waals surface area contributed by atoms with Crippen molar-refractivity contribution >= 4 is 15.9 Å². The monoisotopic (exact) mass is 354 g/mol. The summed E-state index contributed by atoms with van der Waals surface area (Å²) in [6.07, 6.45) is 3.38. The standard InChI is InChI=1S/C16H20BrFN2O/c1-3-13(4-2)20-8-7-12(19-20)10-16(21)14-6-5-11(17)9-15(14)18/h5-9,13,16,21H,3-4,10H2,1-2H3. The normalized spacial score (nSPS) is 12.9. The quantitative estimate of drug-likeness (QED) is 0.833. The molecule has 0 aliphatic heterocycles. The van der Waals surface area contributed by atoms with Gasteiger partial charge in [0.05, 0.1) is 17.8 Å². The van der Waals surface area contributed by atoms with Crippen LogP contribution in [0, 0.1) is 5.82 Å². The number of rotatable bonds is 6. The summed E-state index contributed by atoms with van der Waals surface area (Å²) in [4.78, 5) is 0. The predicted molar refractivity (Wildman–Crippen MR) is 84.6 cm³/mol. The summed E-state index contributed by atoms with van der Waals surface area (Å²) in [5.41, 5.74) is 1.08. The fraction of sp³-hybridized carbons (Fsp3) is 0.438. The van der Waals surface area contributed by atoms with Crippen molar-refractivity contribution in [2.24, 2.45) is 0 Å². The highest BCUT2D eigenvalue weighted by atomic mass is 79.9. The Morgan fingerprint density at radius 3 is 2.62 bits per heavy atom. The molecule has 0 aliphatic rings. The maximum Gasteiger partial charge on any atom is 0.130 e. The molecular weight excluding hydrogens is 335 g/mol. The first kappa shape index (κ1) is 16.2. The van der Waals surface area contributed by atoms with Crippen LogP contribution in [0.5, 0.6) is 0 Å². The minimum atomic E-state index is -0.886. The SMILES string of the molecule is CCC(CC)n1ccc(CC(O)c2ccc(Br)cc2F)n1. The molecule has 0 saturated heterocycles. The van der Waals surface area contributed by atoms with Gasteiger partial charge in [0.25, 0.3) is 0 Å². The highest BCUT2D eigenvalue weighted by Gasteiger charge is 2.16. The van der Waals surface area contributed by atoms with Gasteiger partial charge in [-0.15, -0.1) is 0 Å². The van der Waals surface area contributed by atoms with Crippen molar-refractivity contribution in [2.75, 3.05) is 0 Å². The molecule has 114 valence electrons. The molecule has 1 atom stereocenters. The molecule has 1 N–H and O–H groups in total. The molecule has 0 bridgehead atoms. The van der Waals surface area contributed by atoms with Crippen LogP contribution in [0.25, 0.3) is 0 Å². The lowest BCUT2D eigenvalue weighted by atomic mass is 10.0. The highest BCUT2D eigenvalue weighted by Crippen LogP contribution is 2.24. The predicted octanol–water partition coefficient (Wildman–Crippen LogP) is 4.42. The van der Waals surface area contributed by atoms with Gasteiger partial charge in [0.1, 0.15) is 5.82 Å². The van der Waals surface area contributed by atoms with Crippen LogP contribution in [0.4, 0.5) is 4.39 Å². The molecule has 1 unspecified atom stereocenters. The molecule has 0 aliphatic carbocycles. The molecule has 0 radical (unpaired) electrons. The number of aromatic nitrogens is 2. The van der Waals surface area contributed by atoms with Gasteiger partial charge in [-0.05, 0) is 31.0 Å². The molecule has 2 rings (SSSR count). The zero-order chi connectivity index (χ0) is 15.4. The maximum absolute atomic E-state index is 13.8. The Morgan fingerprint density at radius 2 is 2.00 bits per heavy atom. The van der Waals surface area contributed by atoms with Crippen molar-refractivity contribution in [2.45, 2.75) is 45.3 Å². The fourth-order valence-corrected chi connectivity index (χ4v) is 2.77. The smallest absolute Gasteiger partial charge is 0.130 e. The lowest BCUT2D eigenvalue weighted by Crippen LogP contribution is -2.09. The first-order valence-electron chi connectivity index (χ1n) is 7.22. The molecule has 0 amide bonds. The van der Waals surface area contributed by atoms with E-state index in [9.17, 15) is 9.50 Å². The van der Waals surface area contributed by atoms with Gasteiger partial charge in [0, 0.05) is 22.7 Å². The minimum Gasteiger partial charge on any atom is -0.388 e. The second kappa shape index (κ2) is 7.18. The van der Waals surface area contributed by atoms with E-state index in [-0.39, 0.29) is 0 Å². The molecule has 5 heteroatoms. The fourth-order valence-electron chi connectivity index (χ4n) is 2.43. The summed E-state index contributed by atoms with van der Waals surface area (Å²) in [6.45, 7) is 4.25. The Kier molecular flexibility index (Phi) is 5.53. The van der Waals surface area contributed by atoms with Gasteiger partial charge in [0.2, 0.25) is 0 Å². The Bertz CT molecular complexity index is 596. The number of hydrogen-bond donors (Lipinski definition) is 1. The van der Waals surface area contributed by atoms with E-state index < -0.39 is 11.9 Å². The van der Waals surface area contributed by atoms with E-state index in [1.165, 1.54) is 6.07 Å². The summed E-state index contributed by atoms with van der Waals surface area (Å²) in [5, 5.41) is 14.7. The zero-order valence-electron chi connectivity index (χ0n) is 12.3. The summed E-state index contributed by atoms with van der Waals surface area (Å²) in [6, 6.07) is 6.95. The van der Waals surface area contributed by atoms with Crippen LogP contribution in [0.15, 0.2) is 34.9 Å². The first-order valence-corrected chi connectivity index (χ1v) is 8.01. The van der Waals surface area contributed by atoms with E-state index in [2.05, 4.69) is 34.9 Å². The molecule has 0 spiro atoms. The zero-order valence-corrected chi connectivity index (χ0v) is 13.8. The van der Waals surface area contributed by atoms with Crippen LogP contribution < -0.4 is 0 Å². The summed E-state index contributed by atoms with van der Waals surface area (Å²) >= 11 is 3.21. The number of aliphatic hydroxyl groups excluding tert-OH is 1. The van der Waals surface area contributed by atoms with Gasteiger partial charge in [0.15, 0.2) is 0 Å².